The number of phenolic OH excluding ortho intramolecular Hbond substituents is 2. The molecule has 0 atom stereocenters. The molecule has 0 saturated carbocycles. The summed E-state index contributed by atoms with van der Waals surface area (Å²) in [6, 6.07) is 6.59. The van der Waals surface area contributed by atoms with Gasteiger partial charge in [-0.2, -0.15) is 0 Å². The number of aromatic hydroxyl groups is 2. The van der Waals surface area contributed by atoms with Crippen molar-refractivity contribution in [3.05, 3.63) is 58.3 Å². The van der Waals surface area contributed by atoms with E-state index in [1.807, 2.05) is 19.0 Å². The van der Waals surface area contributed by atoms with E-state index in [9.17, 15) is 19.8 Å². The number of hydrogen-bond acceptors (Lipinski definition) is 7. The van der Waals surface area contributed by atoms with Crippen molar-refractivity contribution in [1.29, 1.82) is 0 Å². The van der Waals surface area contributed by atoms with Crippen LogP contribution in [0.15, 0.2) is 30.5 Å². The molecule has 0 bridgehead atoms. The predicted molar refractivity (Wildman–Crippen MR) is 110 cm³/mol. The number of carbonyl (C=O) groups excluding carboxylic acids is 2. The first-order chi connectivity index (χ1) is 13.8. The van der Waals surface area contributed by atoms with E-state index < -0.39 is 11.6 Å². The normalized spacial score (nSPS) is 13.0. The largest absolute Gasteiger partial charge is 0.506 e. The first-order valence-electron chi connectivity index (χ1n) is 9.27. The number of aryl methyl sites for hydroxylation is 1. The zero-order valence-corrected chi connectivity index (χ0v) is 16.4. The van der Waals surface area contributed by atoms with Crippen molar-refractivity contribution in [3.63, 3.8) is 0 Å². The number of hydrogen-bond donors (Lipinski definition) is 3. The van der Waals surface area contributed by atoms with Gasteiger partial charge in [0.2, 0.25) is 5.78 Å². The van der Waals surface area contributed by atoms with Gasteiger partial charge < -0.3 is 20.4 Å². The fourth-order valence-corrected chi connectivity index (χ4v) is 3.75. The van der Waals surface area contributed by atoms with Crippen LogP contribution in [0.2, 0.25) is 0 Å². The maximum Gasteiger partial charge on any atom is 0.202 e. The lowest BCUT2D eigenvalue weighted by atomic mass is 9.80. The topological polar surface area (TPSA) is 103 Å². The predicted octanol–water partition coefficient (Wildman–Crippen LogP) is 2.70. The molecular weight excluding hydrogens is 370 g/mol. The summed E-state index contributed by atoms with van der Waals surface area (Å²) in [7, 11) is 3.85. The van der Waals surface area contributed by atoms with Crippen LogP contribution in [-0.4, -0.2) is 58.8 Å². The summed E-state index contributed by atoms with van der Waals surface area (Å²) < 4.78 is 0. The van der Waals surface area contributed by atoms with Gasteiger partial charge in [-0.25, -0.2) is 4.98 Å². The molecule has 0 saturated heterocycles. The number of nitrogens with one attached hydrogen (secondary N) is 1. The number of anilines is 1. The highest BCUT2D eigenvalue weighted by molar-refractivity contribution is 6.34. The van der Waals surface area contributed by atoms with Crippen molar-refractivity contribution < 1.29 is 19.8 Å². The molecule has 7 heteroatoms. The fourth-order valence-electron chi connectivity index (χ4n) is 3.75. The van der Waals surface area contributed by atoms with Crippen molar-refractivity contribution in [2.24, 2.45) is 0 Å². The fraction of sp³-hybridized carbons (Fsp3) is 0.227. The van der Waals surface area contributed by atoms with Crippen LogP contribution in [0.25, 0.3) is 10.8 Å². The van der Waals surface area contributed by atoms with Gasteiger partial charge in [-0.05, 0) is 26.6 Å². The molecule has 0 spiro atoms. The van der Waals surface area contributed by atoms with Crippen molar-refractivity contribution in [2.45, 2.75) is 6.92 Å². The monoisotopic (exact) mass is 391 g/mol. The van der Waals surface area contributed by atoms with Gasteiger partial charge in [0, 0.05) is 35.6 Å². The molecule has 0 radical (unpaired) electrons. The molecule has 0 aliphatic heterocycles. The Kier molecular flexibility index (Phi) is 4.47. The third-order valence-electron chi connectivity index (χ3n) is 5.19. The number of nitrogens with zero attached hydrogens (tertiary/aromatic N) is 2. The van der Waals surface area contributed by atoms with Crippen LogP contribution in [0.4, 0.5) is 5.82 Å². The van der Waals surface area contributed by atoms with Gasteiger partial charge >= 0.3 is 0 Å². The Hall–Kier alpha value is -3.45. The van der Waals surface area contributed by atoms with E-state index in [2.05, 4.69) is 10.3 Å². The summed E-state index contributed by atoms with van der Waals surface area (Å²) in [4.78, 5) is 33.1. The number of pyridine rings is 1. The van der Waals surface area contributed by atoms with E-state index in [1.54, 1.807) is 31.2 Å². The van der Waals surface area contributed by atoms with E-state index in [4.69, 9.17) is 0 Å². The summed E-state index contributed by atoms with van der Waals surface area (Å²) in [5, 5.41) is 25.3. The van der Waals surface area contributed by atoms with Gasteiger partial charge in [0.1, 0.15) is 17.3 Å². The molecule has 0 fully saturated rings. The van der Waals surface area contributed by atoms with Gasteiger partial charge in [0.05, 0.1) is 16.7 Å². The average Bonchev–Trinajstić information content (AvgIpc) is 2.69. The Morgan fingerprint density at radius 3 is 2.03 bits per heavy atom. The second-order valence-electron chi connectivity index (χ2n) is 7.42. The van der Waals surface area contributed by atoms with Crippen LogP contribution < -0.4 is 5.32 Å². The van der Waals surface area contributed by atoms with Crippen molar-refractivity contribution >= 4 is 28.2 Å². The van der Waals surface area contributed by atoms with Gasteiger partial charge in [-0.3, -0.25) is 9.59 Å². The molecule has 0 amide bonds. The van der Waals surface area contributed by atoms with Gasteiger partial charge in [-0.15, -0.1) is 0 Å². The third kappa shape index (κ3) is 2.82. The number of rotatable bonds is 4. The van der Waals surface area contributed by atoms with Crippen LogP contribution in [0.1, 0.15) is 37.4 Å². The standard InChI is InChI=1S/C22H21N3O4/c1-11-10-24-22(23-8-9-25(2)3)17-14(11)20(28)15-16(21(17)29)19(27)13-7-5-4-6-12(13)18(15)26/h4-7,10,26-27H,8-9H2,1-3H3,(H,23,24). The SMILES string of the molecule is Cc1cnc(NCCN(C)C)c2c1C(=O)c1c(c(O)c3ccccc3c1O)C2=O. The second kappa shape index (κ2) is 6.86. The highest BCUT2D eigenvalue weighted by atomic mass is 16.3. The Balaban J connectivity index is 1.96. The molecule has 3 aromatic rings. The number of aromatic nitrogens is 1. The number of carbonyl (C=O) groups is 2. The Morgan fingerprint density at radius 2 is 1.48 bits per heavy atom. The molecule has 1 aliphatic carbocycles. The molecule has 29 heavy (non-hydrogen) atoms. The van der Waals surface area contributed by atoms with Crippen LogP contribution in [0.5, 0.6) is 11.5 Å². The van der Waals surface area contributed by atoms with Crippen molar-refractivity contribution in [3.8, 4) is 11.5 Å². The zero-order chi connectivity index (χ0) is 20.9. The molecule has 1 heterocycles. The van der Waals surface area contributed by atoms with Gasteiger partial charge in [0.25, 0.3) is 0 Å². The lowest BCUT2D eigenvalue weighted by Gasteiger charge is -2.24. The summed E-state index contributed by atoms with van der Waals surface area (Å²) >= 11 is 0. The Labute approximate surface area is 167 Å². The maximum absolute atomic E-state index is 13.4. The summed E-state index contributed by atoms with van der Waals surface area (Å²) in [5.74, 6) is -1.34. The third-order valence-corrected chi connectivity index (χ3v) is 5.19. The quantitative estimate of drug-likeness (QED) is 0.460. The van der Waals surface area contributed by atoms with E-state index in [0.717, 1.165) is 0 Å². The minimum Gasteiger partial charge on any atom is -0.506 e. The van der Waals surface area contributed by atoms with Crippen molar-refractivity contribution in [2.75, 3.05) is 32.5 Å². The molecule has 1 aliphatic rings. The number of fused-ring (bicyclic) bond motifs is 3. The molecular formula is C22H21N3O4. The first kappa shape index (κ1) is 18.9. The summed E-state index contributed by atoms with van der Waals surface area (Å²) in [5.41, 5.74) is 0.532. The number of benzene rings is 2. The Morgan fingerprint density at radius 1 is 0.931 bits per heavy atom. The van der Waals surface area contributed by atoms with E-state index >= 15 is 0 Å². The highest BCUT2D eigenvalue weighted by Gasteiger charge is 2.39. The molecule has 3 N–H and O–H groups in total. The smallest absolute Gasteiger partial charge is 0.202 e. The van der Waals surface area contributed by atoms with Gasteiger partial charge in [0.15, 0.2) is 5.78 Å². The molecule has 2 aromatic carbocycles. The van der Waals surface area contributed by atoms with Crippen LogP contribution >= 0.6 is 0 Å². The lowest BCUT2D eigenvalue weighted by molar-refractivity contribution is 0.0974. The van der Waals surface area contributed by atoms with Crippen LogP contribution in [0, 0.1) is 6.92 Å². The van der Waals surface area contributed by atoms with E-state index in [1.165, 1.54) is 6.20 Å². The highest BCUT2D eigenvalue weighted by Crippen LogP contribution is 2.45. The second-order valence-corrected chi connectivity index (χ2v) is 7.42. The number of likely N-dealkylation sites (N-methyl/N-ethyl adjacent to an activating group) is 1. The Bertz CT molecular complexity index is 1180. The minimum atomic E-state index is -0.531. The van der Waals surface area contributed by atoms with Gasteiger partial charge in [-0.1, -0.05) is 24.3 Å². The first-order valence-corrected chi connectivity index (χ1v) is 9.27. The van der Waals surface area contributed by atoms with Crippen LogP contribution in [-0.2, 0) is 0 Å². The molecule has 148 valence electrons. The molecule has 7 nitrogen and oxygen atoms in total. The summed E-state index contributed by atoms with van der Waals surface area (Å²) in [6.45, 7) is 2.93. The maximum atomic E-state index is 13.4. The number of phenols is 2. The zero-order valence-electron chi connectivity index (χ0n) is 16.4. The number of ketones is 2. The van der Waals surface area contributed by atoms with Crippen LogP contribution in [0.3, 0.4) is 0 Å². The minimum absolute atomic E-state index is 0.131. The lowest BCUT2D eigenvalue weighted by Crippen LogP contribution is -2.27. The molecule has 1 aromatic heterocycles. The molecule has 4 rings (SSSR count). The van der Waals surface area contributed by atoms with Crippen molar-refractivity contribution in [1.82, 2.24) is 9.88 Å². The van der Waals surface area contributed by atoms with E-state index in [0.29, 0.717) is 35.2 Å². The molecule has 0 unspecified atom stereocenters. The van der Waals surface area contributed by atoms with E-state index in [-0.39, 0.29) is 33.8 Å². The summed E-state index contributed by atoms with van der Waals surface area (Å²) in [6.07, 6.45) is 1.53. The average molecular weight is 391 g/mol.